The minimum absolute atomic E-state index is 0.255. The molecule has 100 valence electrons. The molecule has 0 radical (unpaired) electrons. The maximum atomic E-state index is 13.2. The van der Waals surface area contributed by atoms with Gasteiger partial charge in [0.15, 0.2) is 0 Å². The molecular formula is C13H13BrFN3O. The fourth-order valence-electron chi connectivity index (χ4n) is 2.28. The summed E-state index contributed by atoms with van der Waals surface area (Å²) in [6.07, 6.45) is 0. The largest absolute Gasteiger partial charge is 0.339 e. The molecular weight excluding hydrogens is 313 g/mol. The van der Waals surface area contributed by atoms with Gasteiger partial charge in [0.2, 0.25) is 11.7 Å². The molecule has 2 unspecified atom stereocenters. The Hall–Kier alpha value is -1.27. The fraction of sp³-hybridized carbons (Fsp3) is 0.385. The van der Waals surface area contributed by atoms with E-state index in [4.69, 9.17) is 4.52 Å². The Labute approximate surface area is 118 Å². The number of nitrogens with one attached hydrogen (secondary N) is 1. The lowest BCUT2D eigenvalue weighted by Crippen LogP contribution is -2.08. The zero-order valence-electron chi connectivity index (χ0n) is 10.4. The van der Waals surface area contributed by atoms with Crippen LogP contribution in [0.5, 0.6) is 0 Å². The molecule has 1 saturated heterocycles. The third-order valence-electron chi connectivity index (χ3n) is 3.45. The second-order valence-corrected chi connectivity index (χ2v) is 5.68. The molecule has 2 aromatic rings. The number of aromatic nitrogens is 2. The molecule has 1 N–H and O–H groups in total. The van der Waals surface area contributed by atoms with Gasteiger partial charge < -0.3 is 9.84 Å². The van der Waals surface area contributed by atoms with Crippen molar-refractivity contribution >= 4 is 15.9 Å². The number of hydrogen-bond donors (Lipinski definition) is 1. The quantitative estimate of drug-likeness (QED) is 0.922. The smallest absolute Gasteiger partial charge is 0.231 e. The van der Waals surface area contributed by atoms with Crippen LogP contribution in [0.15, 0.2) is 27.2 Å². The highest BCUT2D eigenvalue weighted by Gasteiger charge is 2.29. The monoisotopic (exact) mass is 325 g/mol. The second kappa shape index (κ2) is 5.02. The lowest BCUT2D eigenvalue weighted by Gasteiger charge is -2.07. The van der Waals surface area contributed by atoms with E-state index in [1.807, 2.05) is 0 Å². The Balaban J connectivity index is 1.90. The molecule has 2 atom stereocenters. The average Bonchev–Trinajstić information content (AvgIpc) is 3.01. The van der Waals surface area contributed by atoms with Crippen molar-refractivity contribution in [3.05, 3.63) is 34.4 Å². The summed E-state index contributed by atoms with van der Waals surface area (Å²) >= 11 is 3.15. The summed E-state index contributed by atoms with van der Waals surface area (Å²) < 4.78 is 18.9. The van der Waals surface area contributed by atoms with Gasteiger partial charge in [-0.3, -0.25) is 0 Å². The first kappa shape index (κ1) is 12.7. The Bertz CT molecular complexity index is 601. The van der Waals surface area contributed by atoms with E-state index in [1.54, 1.807) is 12.1 Å². The van der Waals surface area contributed by atoms with Gasteiger partial charge in [0.25, 0.3) is 0 Å². The Morgan fingerprint density at radius 1 is 1.42 bits per heavy atom. The lowest BCUT2D eigenvalue weighted by atomic mass is 9.98. The van der Waals surface area contributed by atoms with E-state index in [9.17, 15) is 4.39 Å². The highest BCUT2D eigenvalue weighted by atomic mass is 79.9. The van der Waals surface area contributed by atoms with E-state index in [1.165, 1.54) is 6.07 Å². The SMILES string of the molecule is CC1CNCC1c1nc(-c2ccc(F)c(Br)c2)no1. The van der Waals surface area contributed by atoms with E-state index in [0.29, 0.717) is 22.1 Å². The normalized spacial score (nSPS) is 22.9. The molecule has 6 heteroatoms. The summed E-state index contributed by atoms with van der Waals surface area (Å²) in [5, 5.41) is 7.28. The molecule has 1 fully saturated rings. The van der Waals surface area contributed by atoms with Gasteiger partial charge in [-0.15, -0.1) is 0 Å². The number of benzene rings is 1. The minimum Gasteiger partial charge on any atom is -0.339 e. The van der Waals surface area contributed by atoms with Gasteiger partial charge in [-0.2, -0.15) is 4.98 Å². The Kier molecular flexibility index (Phi) is 3.36. The van der Waals surface area contributed by atoms with Crippen molar-refractivity contribution in [3.63, 3.8) is 0 Å². The third kappa shape index (κ3) is 2.42. The Morgan fingerprint density at radius 2 is 2.26 bits per heavy atom. The van der Waals surface area contributed by atoms with Crippen molar-refractivity contribution in [2.45, 2.75) is 12.8 Å². The number of halogens is 2. The summed E-state index contributed by atoms with van der Waals surface area (Å²) in [5.41, 5.74) is 0.738. The van der Waals surface area contributed by atoms with Crippen LogP contribution in [0.4, 0.5) is 4.39 Å². The topological polar surface area (TPSA) is 51.0 Å². The van der Waals surface area contributed by atoms with Gasteiger partial charge in [-0.1, -0.05) is 12.1 Å². The van der Waals surface area contributed by atoms with Crippen LogP contribution in [-0.2, 0) is 0 Å². The lowest BCUT2D eigenvalue weighted by molar-refractivity contribution is 0.340. The molecule has 2 heterocycles. The van der Waals surface area contributed by atoms with Crippen molar-refractivity contribution in [2.75, 3.05) is 13.1 Å². The molecule has 0 bridgehead atoms. The number of nitrogens with zero attached hydrogens (tertiary/aromatic N) is 2. The minimum atomic E-state index is -0.305. The maximum absolute atomic E-state index is 13.2. The summed E-state index contributed by atoms with van der Waals surface area (Å²) in [5.74, 6) is 1.57. The molecule has 19 heavy (non-hydrogen) atoms. The van der Waals surface area contributed by atoms with Crippen LogP contribution >= 0.6 is 15.9 Å². The first-order valence-corrected chi connectivity index (χ1v) is 6.94. The van der Waals surface area contributed by atoms with Crippen LogP contribution in [0.1, 0.15) is 18.7 Å². The van der Waals surface area contributed by atoms with Crippen LogP contribution in [-0.4, -0.2) is 23.2 Å². The highest BCUT2D eigenvalue weighted by Crippen LogP contribution is 2.29. The molecule has 3 rings (SSSR count). The first-order valence-electron chi connectivity index (χ1n) is 6.15. The molecule has 0 spiro atoms. The fourth-order valence-corrected chi connectivity index (χ4v) is 2.66. The molecule has 0 saturated carbocycles. The van der Waals surface area contributed by atoms with Crippen LogP contribution in [0.3, 0.4) is 0 Å². The van der Waals surface area contributed by atoms with E-state index in [-0.39, 0.29) is 11.7 Å². The van der Waals surface area contributed by atoms with Gasteiger partial charge in [-0.25, -0.2) is 4.39 Å². The first-order chi connectivity index (χ1) is 9.15. The molecule has 0 aliphatic carbocycles. The van der Waals surface area contributed by atoms with E-state index in [2.05, 4.69) is 38.3 Å². The molecule has 0 amide bonds. The predicted octanol–water partition coefficient (Wildman–Crippen LogP) is 2.96. The predicted molar refractivity (Wildman–Crippen MR) is 72.2 cm³/mol. The van der Waals surface area contributed by atoms with Gasteiger partial charge >= 0.3 is 0 Å². The number of hydrogen-bond acceptors (Lipinski definition) is 4. The highest BCUT2D eigenvalue weighted by molar-refractivity contribution is 9.10. The Morgan fingerprint density at radius 3 is 2.95 bits per heavy atom. The van der Waals surface area contributed by atoms with Gasteiger partial charge in [0, 0.05) is 12.1 Å². The van der Waals surface area contributed by atoms with Crippen molar-refractivity contribution in [1.82, 2.24) is 15.5 Å². The van der Waals surface area contributed by atoms with Crippen LogP contribution < -0.4 is 5.32 Å². The molecule has 1 aromatic heterocycles. The van der Waals surface area contributed by atoms with Crippen molar-refractivity contribution < 1.29 is 8.91 Å². The van der Waals surface area contributed by atoms with Crippen LogP contribution in [0, 0.1) is 11.7 Å². The van der Waals surface area contributed by atoms with Crippen molar-refractivity contribution in [3.8, 4) is 11.4 Å². The molecule has 1 aliphatic rings. The van der Waals surface area contributed by atoms with E-state index >= 15 is 0 Å². The second-order valence-electron chi connectivity index (χ2n) is 4.83. The van der Waals surface area contributed by atoms with E-state index in [0.717, 1.165) is 18.7 Å². The zero-order chi connectivity index (χ0) is 13.4. The maximum Gasteiger partial charge on any atom is 0.231 e. The molecule has 4 nitrogen and oxygen atoms in total. The van der Waals surface area contributed by atoms with Gasteiger partial charge in [0.1, 0.15) is 5.82 Å². The number of rotatable bonds is 2. The summed E-state index contributed by atoms with van der Waals surface area (Å²) in [6.45, 7) is 3.98. The summed E-state index contributed by atoms with van der Waals surface area (Å²) in [4.78, 5) is 4.42. The summed E-state index contributed by atoms with van der Waals surface area (Å²) in [6, 6.07) is 4.68. The summed E-state index contributed by atoms with van der Waals surface area (Å²) in [7, 11) is 0. The van der Waals surface area contributed by atoms with Crippen molar-refractivity contribution in [1.29, 1.82) is 0 Å². The zero-order valence-corrected chi connectivity index (χ0v) is 11.9. The van der Waals surface area contributed by atoms with Gasteiger partial charge in [0.05, 0.1) is 10.4 Å². The standard InChI is InChI=1S/C13H13BrFN3O/c1-7-5-16-6-9(7)13-17-12(18-19-13)8-2-3-11(15)10(14)4-8/h2-4,7,9,16H,5-6H2,1H3. The molecule has 1 aliphatic heterocycles. The third-order valence-corrected chi connectivity index (χ3v) is 4.06. The van der Waals surface area contributed by atoms with Crippen molar-refractivity contribution in [2.24, 2.45) is 5.92 Å². The van der Waals surface area contributed by atoms with E-state index < -0.39 is 0 Å². The van der Waals surface area contributed by atoms with Crippen LogP contribution in [0.25, 0.3) is 11.4 Å². The van der Waals surface area contributed by atoms with Gasteiger partial charge in [-0.05, 0) is 46.6 Å². The molecule has 1 aromatic carbocycles. The van der Waals surface area contributed by atoms with Crippen LogP contribution in [0.2, 0.25) is 0 Å². The average molecular weight is 326 g/mol.